The van der Waals surface area contributed by atoms with E-state index >= 15 is 0 Å². The lowest BCUT2D eigenvalue weighted by Crippen LogP contribution is -2.21. The summed E-state index contributed by atoms with van der Waals surface area (Å²) >= 11 is 0. The molecule has 0 unspecified atom stereocenters. The van der Waals surface area contributed by atoms with Crippen molar-refractivity contribution in [3.63, 3.8) is 0 Å². The van der Waals surface area contributed by atoms with Gasteiger partial charge in [-0.1, -0.05) is 0 Å². The number of rotatable bonds is 5. The smallest absolute Gasteiger partial charge is 0.360 e. The summed E-state index contributed by atoms with van der Waals surface area (Å²) in [4.78, 5) is 24.2. The molecule has 0 aliphatic rings. The van der Waals surface area contributed by atoms with Crippen LogP contribution in [0, 0.1) is 0 Å². The van der Waals surface area contributed by atoms with E-state index in [1.54, 1.807) is 25.0 Å². The summed E-state index contributed by atoms with van der Waals surface area (Å²) in [6.07, 6.45) is 2.63. The Hall–Kier alpha value is -2.05. The number of hydrogen-bond donors (Lipinski definition) is 1. The van der Waals surface area contributed by atoms with Crippen molar-refractivity contribution in [1.29, 1.82) is 0 Å². The average Bonchev–Trinajstić information content (AvgIpc) is 2.69. The second-order valence-corrected chi connectivity index (χ2v) is 4.08. The van der Waals surface area contributed by atoms with Gasteiger partial charge < -0.3 is 15.4 Å². The van der Waals surface area contributed by atoms with Crippen LogP contribution in [-0.2, 0) is 16.1 Å². The van der Waals surface area contributed by atoms with Crippen LogP contribution >= 0.6 is 0 Å². The molecule has 1 aromatic rings. The topological polar surface area (TPSA) is 90.4 Å². The van der Waals surface area contributed by atoms with Crippen molar-refractivity contribution in [2.45, 2.75) is 19.4 Å². The number of carbonyl (C=O) groups is 2. The number of esters is 1. The lowest BCUT2D eigenvalue weighted by Gasteiger charge is -2.09. The van der Waals surface area contributed by atoms with Gasteiger partial charge in [0, 0.05) is 33.3 Å². The first-order valence-electron chi connectivity index (χ1n) is 5.57. The van der Waals surface area contributed by atoms with Crippen molar-refractivity contribution in [2.24, 2.45) is 0 Å². The summed E-state index contributed by atoms with van der Waals surface area (Å²) in [7, 11) is 4.70. The largest absolute Gasteiger partial charge is 0.464 e. The molecule has 0 atom stereocenters. The highest BCUT2D eigenvalue weighted by Gasteiger charge is 2.15. The minimum absolute atomic E-state index is 0.0586. The maximum atomic E-state index is 11.4. The third kappa shape index (κ3) is 3.47. The standard InChI is InChI=1S/C11H18N4O3/c1-14(2)9(16)5-4-6-15-7-8(12)10(13-15)11(17)18-3/h7H,4-6,12H2,1-3H3. The van der Waals surface area contributed by atoms with Crippen LogP contribution in [-0.4, -0.2) is 47.8 Å². The van der Waals surface area contributed by atoms with Gasteiger partial charge in [0.2, 0.25) is 5.91 Å². The highest BCUT2D eigenvalue weighted by Crippen LogP contribution is 2.11. The van der Waals surface area contributed by atoms with Crippen LogP contribution < -0.4 is 5.73 Å². The van der Waals surface area contributed by atoms with E-state index in [9.17, 15) is 9.59 Å². The molecule has 0 aromatic carbocycles. The molecule has 2 N–H and O–H groups in total. The Morgan fingerprint density at radius 3 is 2.72 bits per heavy atom. The molecule has 0 fully saturated rings. The first-order valence-corrected chi connectivity index (χ1v) is 5.57. The first-order chi connectivity index (χ1) is 8.45. The van der Waals surface area contributed by atoms with Gasteiger partial charge in [-0.3, -0.25) is 9.48 Å². The Labute approximate surface area is 105 Å². The molecule has 100 valence electrons. The zero-order valence-corrected chi connectivity index (χ0v) is 10.8. The molecule has 0 bridgehead atoms. The number of nitrogen functional groups attached to an aromatic ring is 1. The number of methoxy groups -OCH3 is 1. The average molecular weight is 254 g/mol. The lowest BCUT2D eigenvalue weighted by atomic mass is 10.3. The molecule has 1 heterocycles. The molecular weight excluding hydrogens is 236 g/mol. The maximum absolute atomic E-state index is 11.4. The van der Waals surface area contributed by atoms with Crippen LogP contribution in [0.1, 0.15) is 23.3 Å². The van der Waals surface area contributed by atoms with Crippen LogP contribution in [0.25, 0.3) is 0 Å². The highest BCUT2D eigenvalue weighted by molar-refractivity contribution is 5.92. The van der Waals surface area contributed by atoms with Crippen molar-refractivity contribution in [1.82, 2.24) is 14.7 Å². The molecule has 1 amide bonds. The second kappa shape index (κ2) is 6.04. The molecule has 1 rings (SSSR count). The first kappa shape index (κ1) is 14.0. The molecule has 0 aliphatic carbocycles. The molecule has 7 nitrogen and oxygen atoms in total. The van der Waals surface area contributed by atoms with Gasteiger partial charge in [-0.15, -0.1) is 0 Å². The Balaban J connectivity index is 2.54. The van der Waals surface area contributed by atoms with E-state index < -0.39 is 5.97 Å². The summed E-state index contributed by atoms with van der Waals surface area (Å²) < 4.78 is 6.10. The third-order valence-corrected chi connectivity index (χ3v) is 2.45. The quantitative estimate of drug-likeness (QED) is 0.754. The number of anilines is 1. The molecule has 0 spiro atoms. The van der Waals surface area contributed by atoms with E-state index in [0.717, 1.165) is 0 Å². The molecule has 0 saturated heterocycles. The Kier molecular flexibility index (Phi) is 4.70. The third-order valence-electron chi connectivity index (χ3n) is 2.45. The van der Waals surface area contributed by atoms with Gasteiger partial charge >= 0.3 is 5.97 Å². The molecular formula is C11H18N4O3. The monoisotopic (exact) mass is 254 g/mol. The van der Waals surface area contributed by atoms with E-state index in [4.69, 9.17) is 5.73 Å². The van der Waals surface area contributed by atoms with Gasteiger partial charge in [0.05, 0.1) is 12.8 Å². The number of hydrogen-bond acceptors (Lipinski definition) is 5. The summed E-state index contributed by atoms with van der Waals surface area (Å²) in [5, 5.41) is 4.01. The SMILES string of the molecule is COC(=O)c1nn(CCCC(=O)N(C)C)cc1N. The Morgan fingerprint density at radius 2 is 2.17 bits per heavy atom. The molecule has 0 aliphatic heterocycles. The van der Waals surface area contributed by atoms with Gasteiger partial charge in [-0.05, 0) is 6.42 Å². The van der Waals surface area contributed by atoms with Gasteiger partial charge in [0.15, 0.2) is 5.69 Å². The van der Waals surface area contributed by atoms with Crippen molar-refractivity contribution in [2.75, 3.05) is 26.9 Å². The normalized spacial score (nSPS) is 10.2. The van der Waals surface area contributed by atoms with E-state index in [2.05, 4.69) is 9.84 Å². The number of nitrogens with two attached hydrogens (primary N) is 1. The summed E-state index contributed by atoms with van der Waals surface area (Å²) in [6.45, 7) is 0.529. The minimum Gasteiger partial charge on any atom is -0.464 e. The predicted octanol–water partition coefficient (Wildman–Crippen LogP) is 0.120. The van der Waals surface area contributed by atoms with E-state index in [1.165, 1.54) is 12.0 Å². The van der Waals surface area contributed by atoms with E-state index in [-0.39, 0.29) is 17.3 Å². The van der Waals surface area contributed by atoms with Gasteiger partial charge in [0.1, 0.15) is 0 Å². The van der Waals surface area contributed by atoms with Crippen LogP contribution in [0.3, 0.4) is 0 Å². The zero-order valence-electron chi connectivity index (χ0n) is 10.8. The highest BCUT2D eigenvalue weighted by atomic mass is 16.5. The molecule has 18 heavy (non-hydrogen) atoms. The fourth-order valence-electron chi connectivity index (χ4n) is 1.42. The van der Waals surface area contributed by atoms with E-state index in [0.29, 0.717) is 19.4 Å². The van der Waals surface area contributed by atoms with Crippen molar-refractivity contribution >= 4 is 17.6 Å². The summed E-state index contributed by atoms with van der Waals surface area (Å²) in [5.74, 6) is -0.501. The number of ether oxygens (including phenoxy) is 1. The van der Waals surface area contributed by atoms with E-state index in [1.807, 2.05) is 0 Å². The van der Waals surface area contributed by atoms with Crippen molar-refractivity contribution in [3.8, 4) is 0 Å². The van der Waals surface area contributed by atoms with Crippen LogP contribution in [0.4, 0.5) is 5.69 Å². The lowest BCUT2D eigenvalue weighted by molar-refractivity contribution is -0.128. The fraction of sp³-hybridized carbons (Fsp3) is 0.545. The minimum atomic E-state index is -0.560. The van der Waals surface area contributed by atoms with Crippen LogP contribution in [0.5, 0.6) is 0 Å². The van der Waals surface area contributed by atoms with Crippen molar-refractivity contribution < 1.29 is 14.3 Å². The predicted molar refractivity (Wildman–Crippen MR) is 65.9 cm³/mol. The Bertz CT molecular complexity index is 439. The molecule has 0 radical (unpaired) electrons. The number of carbonyl (C=O) groups excluding carboxylic acids is 2. The van der Waals surface area contributed by atoms with Crippen LogP contribution in [0.2, 0.25) is 0 Å². The van der Waals surface area contributed by atoms with Gasteiger partial charge in [-0.25, -0.2) is 4.79 Å². The molecule has 0 saturated carbocycles. The zero-order chi connectivity index (χ0) is 13.7. The van der Waals surface area contributed by atoms with Crippen molar-refractivity contribution in [3.05, 3.63) is 11.9 Å². The fourth-order valence-corrected chi connectivity index (χ4v) is 1.42. The number of amides is 1. The number of aryl methyl sites for hydroxylation is 1. The molecule has 1 aromatic heterocycles. The Morgan fingerprint density at radius 1 is 1.50 bits per heavy atom. The van der Waals surface area contributed by atoms with Gasteiger partial charge in [-0.2, -0.15) is 5.10 Å². The number of aromatic nitrogens is 2. The van der Waals surface area contributed by atoms with Crippen LogP contribution in [0.15, 0.2) is 6.20 Å². The van der Waals surface area contributed by atoms with Gasteiger partial charge in [0.25, 0.3) is 0 Å². The second-order valence-electron chi connectivity index (χ2n) is 4.08. The summed E-state index contributed by atoms with van der Waals surface area (Å²) in [5.41, 5.74) is 6.02. The summed E-state index contributed by atoms with van der Waals surface area (Å²) in [6, 6.07) is 0. The number of nitrogens with zero attached hydrogens (tertiary/aromatic N) is 3. The maximum Gasteiger partial charge on any atom is 0.360 e. The molecule has 7 heteroatoms.